The second kappa shape index (κ2) is 14.1. The molecule has 0 fully saturated rings. The van der Waals surface area contributed by atoms with Gasteiger partial charge in [0.2, 0.25) is 5.91 Å². The molecule has 2 aliphatic rings. The third-order valence-corrected chi connectivity index (χ3v) is 9.03. The Balaban J connectivity index is 1.47. The van der Waals surface area contributed by atoms with Crippen LogP contribution in [-0.4, -0.2) is 18.3 Å². The number of carbonyl (C=O) groups excluding carboxylic acids is 2. The number of halogens is 1. The van der Waals surface area contributed by atoms with Crippen molar-refractivity contribution >= 4 is 34.7 Å². The van der Waals surface area contributed by atoms with Crippen LogP contribution in [0.5, 0.6) is 11.5 Å². The summed E-state index contributed by atoms with van der Waals surface area (Å²) in [6, 6.07) is 28.9. The predicted molar refractivity (Wildman–Crippen MR) is 188 cm³/mol. The minimum Gasteiger partial charge on any atom is -0.490 e. The van der Waals surface area contributed by atoms with E-state index in [1.807, 2.05) is 92.4 Å². The van der Waals surface area contributed by atoms with Gasteiger partial charge in [0, 0.05) is 29.1 Å². The maximum atomic E-state index is 14.4. The Labute approximate surface area is 282 Å². The van der Waals surface area contributed by atoms with Crippen molar-refractivity contribution in [3.63, 3.8) is 0 Å². The molecule has 6 nitrogen and oxygen atoms in total. The lowest BCUT2D eigenvalue weighted by Gasteiger charge is -2.35. The van der Waals surface area contributed by atoms with Gasteiger partial charge in [-0.05, 0) is 85.2 Å². The van der Waals surface area contributed by atoms with Crippen molar-refractivity contribution in [1.29, 1.82) is 0 Å². The second-order valence-corrected chi connectivity index (χ2v) is 13.2. The third kappa shape index (κ3) is 7.08. The van der Waals surface area contributed by atoms with Crippen molar-refractivity contribution in [1.82, 2.24) is 0 Å². The van der Waals surface area contributed by atoms with Crippen molar-refractivity contribution in [3.05, 3.63) is 130 Å². The Kier molecular flexibility index (Phi) is 9.69. The normalized spacial score (nSPS) is 17.5. The van der Waals surface area contributed by atoms with Gasteiger partial charge in [0.05, 0.1) is 24.0 Å². The number of amides is 1. The number of fused-ring (bicyclic) bond motifs is 1. The maximum absolute atomic E-state index is 14.4. The molecule has 4 aromatic carbocycles. The van der Waals surface area contributed by atoms with E-state index in [-0.39, 0.29) is 23.5 Å². The number of allylic oxidation sites excluding steroid dienone is 1. The van der Waals surface area contributed by atoms with Gasteiger partial charge < -0.3 is 14.8 Å². The van der Waals surface area contributed by atoms with Crippen LogP contribution in [0, 0.1) is 12.8 Å². The number of ketones is 1. The average Bonchev–Trinajstić information content (AvgIpc) is 3.20. The number of para-hydroxylation sites is 2. The molecule has 1 N–H and O–H groups in total. The molecule has 2 atom stereocenters. The van der Waals surface area contributed by atoms with Gasteiger partial charge in [-0.15, -0.1) is 0 Å². The predicted octanol–water partition coefficient (Wildman–Crippen LogP) is 9.57. The lowest BCUT2D eigenvalue weighted by atomic mass is 9.78. The van der Waals surface area contributed by atoms with E-state index >= 15 is 0 Å². The zero-order valence-corrected chi connectivity index (χ0v) is 28.1. The van der Waals surface area contributed by atoms with E-state index in [1.54, 1.807) is 0 Å². The first-order valence-electron chi connectivity index (χ1n) is 16.4. The quantitative estimate of drug-likeness (QED) is 0.196. The molecule has 0 spiro atoms. The summed E-state index contributed by atoms with van der Waals surface area (Å²) in [6.45, 7) is 8.84. The van der Waals surface area contributed by atoms with Crippen LogP contribution in [0.2, 0.25) is 5.02 Å². The van der Waals surface area contributed by atoms with Crippen LogP contribution in [0.15, 0.2) is 102 Å². The fraction of sp³-hybridized carbons (Fsp3) is 0.300. The minimum atomic E-state index is -0.650. The maximum Gasteiger partial charge on any atom is 0.228 e. The first-order chi connectivity index (χ1) is 22.7. The van der Waals surface area contributed by atoms with Crippen LogP contribution in [0.25, 0.3) is 0 Å². The monoisotopic (exact) mass is 648 g/mol. The molecule has 0 aromatic heterocycles. The number of Topliss-reactive ketones (excluding diaryl/α,β-unsaturated/α-hetero) is 1. The Morgan fingerprint density at radius 1 is 0.915 bits per heavy atom. The number of hydrogen-bond acceptors (Lipinski definition) is 5. The molecule has 0 unspecified atom stereocenters. The Morgan fingerprint density at radius 2 is 1.64 bits per heavy atom. The summed E-state index contributed by atoms with van der Waals surface area (Å²) in [7, 11) is 0. The number of nitrogens with one attached hydrogen (secondary N) is 1. The third-order valence-electron chi connectivity index (χ3n) is 8.78. The molecule has 0 saturated heterocycles. The van der Waals surface area contributed by atoms with E-state index in [4.69, 9.17) is 21.1 Å². The van der Waals surface area contributed by atoms with Gasteiger partial charge in [-0.2, -0.15) is 0 Å². The van der Waals surface area contributed by atoms with Gasteiger partial charge in [0.1, 0.15) is 6.61 Å². The van der Waals surface area contributed by atoms with E-state index in [0.29, 0.717) is 54.6 Å². The molecule has 1 aliphatic heterocycles. The first-order valence-corrected chi connectivity index (χ1v) is 16.7. The highest BCUT2D eigenvalue weighted by Crippen LogP contribution is 2.48. The highest BCUT2D eigenvalue weighted by molar-refractivity contribution is 6.30. The van der Waals surface area contributed by atoms with E-state index in [0.717, 1.165) is 33.8 Å². The number of benzene rings is 4. The minimum absolute atomic E-state index is 0.0303. The Bertz CT molecular complexity index is 1800. The zero-order valence-electron chi connectivity index (χ0n) is 27.4. The number of ether oxygens (including phenoxy) is 2. The van der Waals surface area contributed by atoms with Crippen LogP contribution in [0.3, 0.4) is 0 Å². The van der Waals surface area contributed by atoms with Crippen molar-refractivity contribution in [2.45, 2.75) is 65.5 Å². The van der Waals surface area contributed by atoms with Crippen molar-refractivity contribution in [3.8, 4) is 11.5 Å². The molecule has 6 rings (SSSR count). The average molecular weight is 649 g/mol. The van der Waals surface area contributed by atoms with Crippen molar-refractivity contribution in [2.24, 2.45) is 5.92 Å². The topological polar surface area (TPSA) is 67.9 Å². The van der Waals surface area contributed by atoms with Crippen LogP contribution in [-0.2, 0) is 16.2 Å². The summed E-state index contributed by atoms with van der Waals surface area (Å²) in [5.74, 6) is 1.30. The van der Waals surface area contributed by atoms with E-state index in [9.17, 15) is 9.59 Å². The SMILES string of the molecule is CCOc1cc([C@@H]2C3=C(C[C@@H](c4ccc(C)cc4)CC3=O)Nc3ccccc3N2C(=O)CC(C)C)ccc1OCc1ccc(Cl)cc1. The molecule has 1 aliphatic carbocycles. The zero-order chi connectivity index (χ0) is 33.1. The molecule has 242 valence electrons. The molecular formula is C40H41ClN2O4. The summed E-state index contributed by atoms with van der Waals surface area (Å²) >= 11 is 6.07. The molecule has 47 heavy (non-hydrogen) atoms. The molecule has 1 amide bonds. The summed E-state index contributed by atoms with van der Waals surface area (Å²) in [4.78, 5) is 30.5. The van der Waals surface area contributed by atoms with Gasteiger partial charge in [-0.3, -0.25) is 14.5 Å². The summed E-state index contributed by atoms with van der Waals surface area (Å²) < 4.78 is 12.3. The van der Waals surface area contributed by atoms with E-state index < -0.39 is 6.04 Å². The molecule has 4 aromatic rings. The lowest BCUT2D eigenvalue weighted by molar-refractivity contribution is -0.119. The highest BCUT2D eigenvalue weighted by Gasteiger charge is 2.42. The smallest absolute Gasteiger partial charge is 0.228 e. The molecule has 0 saturated carbocycles. The van der Waals surface area contributed by atoms with Gasteiger partial charge in [-0.25, -0.2) is 0 Å². The number of rotatable bonds is 9. The second-order valence-electron chi connectivity index (χ2n) is 12.8. The molecule has 1 heterocycles. The fourth-order valence-electron chi connectivity index (χ4n) is 6.53. The van der Waals surface area contributed by atoms with Crippen LogP contribution in [0.1, 0.15) is 74.2 Å². The van der Waals surface area contributed by atoms with Gasteiger partial charge >= 0.3 is 0 Å². The lowest BCUT2D eigenvalue weighted by Crippen LogP contribution is -2.39. The van der Waals surface area contributed by atoms with Gasteiger partial charge in [-0.1, -0.05) is 85.6 Å². The van der Waals surface area contributed by atoms with Crippen LogP contribution in [0.4, 0.5) is 11.4 Å². The van der Waals surface area contributed by atoms with Gasteiger partial charge in [0.15, 0.2) is 17.3 Å². The number of aryl methyl sites for hydroxylation is 1. The highest BCUT2D eigenvalue weighted by atomic mass is 35.5. The van der Waals surface area contributed by atoms with Gasteiger partial charge in [0.25, 0.3) is 0 Å². The summed E-state index contributed by atoms with van der Waals surface area (Å²) in [5.41, 5.74) is 7.12. The van der Waals surface area contributed by atoms with E-state index in [2.05, 4.69) is 36.5 Å². The van der Waals surface area contributed by atoms with E-state index in [1.165, 1.54) is 5.56 Å². The number of hydrogen-bond donors (Lipinski definition) is 1. The number of anilines is 2. The standard InChI is InChI=1S/C40H41ClN2O4/c1-5-46-37-23-29(16-19-36(37)47-24-27-12-17-31(41)18-13-27)40-39-33(21-30(22-35(39)44)28-14-10-26(4)11-15-28)42-32-8-6-7-9-34(32)43(40)38(45)20-25(2)3/h6-19,23,25,30,40,42H,5,20-22,24H2,1-4H3/t30-,40-/m1/s1. The molecule has 0 bridgehead atoms. The van der Waals surface area contributed by atoms with Crippen molar-refractivity contribution < 1.29 is 19.1 Å². The Hall–Kier alpha value is -4.55. The van der Waals surface area contributed by atoms with Crippen molar-refractivity contribution in [2.75, 3.05) is 16.8 Å². The molecule has 7 heteroatoms. The number of nitrogens with zero attached hydrogens (tertiary/aromatic N) is 1. The molecule has 0 radical (unpaired) electrons. The van der Waals surface area contributed by atoms with Crippen LogP contribution < -0.4 is 19.7 Å². The fourth-order valence-corrected chi connectivity index (χ4v) is 6.65. The first kappa shape index (κ1) is 32.4. The van der Waals surface area contributed by atoms with Crippen LogP contribution >= 0.6 is 11.6 Å². The number of carbonyl (C=O) groups is 2. The molecular weight excluding hydrogens is 608 g/mol. The Morgan fingerprint density at radius 3 is 2.36 bits per heavy atom. The summed E-state index contributed by atoms with van der Waals surface area (Å²) in [5, 5.41) is 4.30. The largest absolute Gasteiger partial charge is 0.490 e. The summed E-state index contributed by atoms with van der Waals surface area (Å²) in [6.07, 6.45) is 1.36.